The molecule has 1 unspecified atom stereocenters. The average molecular weight is 311 g/mol. The molecule has 0 aliphatic carbocycles. The summed E-state index contributed by atoms with van der Waals surface area (Å²) in [6.07, 6.45) is 2.97. The standard InChI is InChI=1S/C16H29N3O3/c1-14(20)18-7-3-5-16(13-18)19(15(2)21)8-4-6-17-9-11-22-12-10-17/h16H,3-13H2,1-2H3. The number of nitrogens with zero attached hydrogens (tertiary/aromatic N) is 3. The van der Waals surface area contributed by atoms with E-state index in [1.165, 1.54) is 0 Å². The van der Waals surface area contributed by atoms with Crippen LogP contribution in [0.2, 0.25) is 0 Å². The van der Waals surface area contributed by atoms with Crippen molar-refractivity contribution in [3.63, 3.8) is 0 Å². The zero-order valence-electron chi connectivity index (χ0n) is 13.9. The summed E-state index contributed by atoms with van der Waals surface area (Å²) in [6, 6.07) is 0.180. The summed E-state index contributed by atoms with van der Waals surface area (Å²) in [6.45, 7) is 10.2. The van der Waals surface area contributed by atoms with E-state index in [1.807, 2.05) is 9.80 Å². The molecule has 2 aliphatic rings. The van der Waals surface area contributed by atoms with Gasteiger partial charge in [-0.05, 0) is 19.3 Å². The Hall–Kier alpha value is -1.14. The highest BCUT2D eigenvalue weighted by molar-refractivity contribution is 5.75. The van der Waals surface area contributed by atoms with Crippen LogP contribution in [-0.2, 0) is 14.3 Å². The second-order valence-electron chi connectivity index (χ2n) is 6.28. The Bertz CT molecular complexity index is 383. The number of hydrogen-bond acceptors (Lipinski definition) is 4. The number of hydrogen-bond donors (Lipinski definition) is 0. The van der Waals surface area contributed by atoms with Crippen LogP contribution in [0.1, 0.15) is 33.1 Å². The molecule has 0 N–H and O–H groups in total. The maximum Gasteiger partial charge on any atom is 0.219 e. The van der Waals surface area contributed by atoms with Crippen LogP contribution in [0.15, 0.2) is 0 Å². The summed E-state index contributed by atoms with van der Waals surface area (Å²) in [4.78, 5) is 29.8. The van der Waals surface area contributed by atoms with Crippen molar-refractivity contribution in [1.82, 2.24) is 14.7 Å². The topological polar surface area (TPSA) is 53.1 Å². The van der Waals surface area contributed by atoms with Crippen LogP contribution in [0.5, 0.6) is 0 Å². The van der Waals surface area contributed by atoms with Gasteiger partial charge in [-0.15, -0.1) is 0 Å². The molecule has 0 aromatic rings. The molecule has 0 saturated carbocycles. The first-order valence-corrected chi connectivity index (χ1v) is 8.40. The third kappa shape index (κ3) is 4.95. The molecule has 2 aliphatic heterocycles. The number of likely N-dealkylation sites (tertiary alicyclic amines) is 1. The van der Waals surface area contributed by atoms with Gasteiger partial charge in [0.1, 0.15) is 0 Å². The van der Waals surface area contributed by atoms with E-state index >= 15 is 0 Å². The third-order valence-electron chi connectivity index (χ3n) is 4.66. The van der Waals surface area contributed by atoms with Crippen molar-refractivity contribution in [2.75, 3.05) is 52.5 Å². The number of rotatable bonds is 5. The molecule has 0 spiro atoms. The number of morpholine rings is 1. The lowest BCUT2D eigenvalue weighted by atomic mass is 10.0. The molecule has 126 valence electrons. The highest BCUT2D eigenvalue weighted by atomic mass is 16.5. The molecule has 2 saturated heterocycles. The summed E-state index contributed by atoms with van der Waals surface area (Å²) >= 11 is 0. The predicted octanol–water partition coefficient (Wildman–Crippen LogP) is 0.568. The monoisotopic (exact) mass is 311 g/mol. The molecule has 0 aromatic heterocycles. The van der Waals surface area contributed by atoms with Crippen molar-refractivity contribution in [2.24, 2.45) is 0 Å². The van der Waals surface area contributed by atoms with Crippen LogP contribution in [-0.4, -0.2) is 85.0 Å². The van der Waals surface area contributed by atoms with Gasteiger partial charge < -0.3 is 14.5 Å². The lowest BCUT2D eigenvalue weighted by Crippen LogP contribution is -2.51. The Morgan fingerprint density at radius 1 is 1.18 bits per heavy atom. The van der Waals surface area contributed by atoms with Crippen LogP contribution in [0, 0.1) is 0 Å². The van der Waals surface area contributed by atoms with Gasteiger partial charge in [-0.3, -0.25) is 14.5 Å². The van der Waals surface area contributed by atoms with E-state index in [1.54, 1.807) is 13.8 Å². The lowest BCUT2D eigenvalue weighted by Gasteiger charge is -2.39. The summed E-state index contributed by atoms with van der Waals surface area (Å²) in [5.74, 6) is 0.235. The molecule has 2 amide bonds. The van der Waals surface area contributed by atoms with Crippen molar-refractivity contribution >= 4 is 11.8 Å². The summed E-state index contributed by atoms with van der Waals surface area (Å²) in [5, 5.41) is 0. The Morgan fingerprint density at radius 2 is 1.91 bits per heavy atom. The number of ether oxygens (including phenoxy) is 1. The van der Waals surface area contributed by atoms with E-state index < -0.39 is 0 Å². The quantitative estimate of drug-likeness (QED) is 0.745. The van der Waals surface area contributed by atoms with E-state index in [9.17, 15) is 9.59 Å². The van der Waals surface area contributed by atoms with Gasteiger partial charge in [0.15, 0.2) is 0 Å². The number of carbonyl (C=O) groups excluding carboxylic acids is 2. The minimum Gasteiger partial charge on any atom is -0.379 e. The van der Waals surface area contributed by atoms with Crippen molar-refractivity contribution in [3.05, 3.63) is 0 Å². The summed E-state index contributed by atoms with van der Waals surface area (Å²) in [5.41, 5.74) is 0. The second-order valence-corrected chi connectivity index (χ2v) is 6.28. The summed E-state index contributed by atoms with van der Waals surface area (Å²) < 4.78 is 5.35. The molecule has 2 rings (SSSR count). The van der Waals surface area contributed by atoms with Crippen molar-refractivity contribution in [2.45, 2.75) is 39.2 Å². The lowest BCUT2D eigenvalue weighted by molar-refractivity contribution is -0.137. The van der Waals surface area contributed by atoms with Gasteiger partial charge in [-0.25, -0.2) is 0 Å². The van der Waals surface area contributed by atoms with Gasteiger partial charge >= 0.3 is 0 Å². The van der Waals surface area contributed by atoms with E-state index in [0.29, 0.717) is 6.54 Å². The van der Waals surface area contributed by atoms with Crippen LogP contribution in [0.4, 0.5) is 0 Å². The van der Waals surface area contributed by atoms with Gasteiger partial charge in [0.25, 0.3) is 0 Å². The van der Waals surface area contributed by atoms with Crippen molar-refractivity contribution < 1.29 is 14.3 Å². The molecular formula is C16H29N3O3. The first kappa shape index (κ1) is 17.2. The molecule has 2 heterocycles. The molecule has 6 heteroatoms. The van der Waals surface area contributed by atoms with Gasteiger partial charge in [0.05, 0.1) is 13.2 Å². The maximum atomic E-state index is 12.0. The fourth-order valence-electron chi connectivity index (χ4n) is 3.38. The van der Waals surface area contributed by atoms with Gasteiger partial charge in [-0.2, -0.15) is 0 Å². The van der Waals surface area contributed by atoms with E-state index in [0.717, 1.165) is 65.2 Å². The Balaban J connectivity index is 1.81. The highest BCUT2D eigenvalue weighted by Crippen LogP contribution is 2.17. The van der Waals surface area contributed by atoms with Crippen LogP contribution in [0.3, 0.4) is 0 Å². The molecular weight excluding hydrogens is 282 g/mol. The van der Waals surface area contributed by atoms with Crippen LogP contribution < -0.4 is 0 Å². The first-order valence-electron chi connectivity index (χ1n) is 8.40. The minimum absolute atomic E-state index is 0.113. The highest BCUT2D eigenvalue weighted by Gasteiger charge is 2.27. The Morgan fingerprint density at radius 3 is 2.55 bits per heavy atom. The zero-order valence-corrected chi connectivity index (χ0v) is 13.9. The predicted molar refractivity (Wildman–Crippen MR) is 84.5 cm³/mol. The molecule has 22 heavy (non-hydrogen) atoms. The molecule has 0 bridgehead atoms. The van der Waals surface area contributed by atoms with E-state index in [-0.39, 0.29) is 17.9 Å². The SMILES string of the molecule is CC(=O)N1CCCC(N(CCCN2CCOCC2)C(C)=O)C1. The van der Waals surface area contributed by atoms with Gasteiger partial charge in [-0.1, -0.05) is 0 Å². The normalized spacial score (nSPS) is 23.4. The second kappa shape index (κ2) is 8.48. The molecule has 1 atom stereocenters. The van der Waals surface area contributed by atoms with Crippen molar-refractivity contribution in [3.8, 4) is 0 Å². The van der Waals surface area contributed by atoms with E-state index in [2.05, 4.69) is 4.90 Å². The zero-order chi connectivity index (χ0) is 15.9. The molecule has 6 nitrogen and oxygen atoms in total. The molecule has 0 radical (unpaired) electrons. The van der Waals surface area contributed by atoms with E-state index in [4.69, 9.17) is 4.74 Å². The van der Waals surface area contributed by atoms with Gasteiger partial charge in [0.2, 0.25) is 11.8 Å². The van der Waals surface area contributed by atoms with Gasteiger partial charge in [0, 0.05) is 59.2 Å². The maximum absolute atomic E-state index is 12.0. The summed E-state index contributed by atoms with van der Waals surface area (Å²) in [7, 11) is 0. The number of carbonyl (C=O) groups is 2. The Labute approximate surface area is 133 Å². The smallest absolute Gasteiger partial charge is 0.219 e. The molecule has 2 fully saturated rings. The minimum atomic E-state index is 0.113. The Kier molecular flexibility index (Phi) is 6.64. The number of piperidine rings is 1. The largest absolute Gasteiger partial charge is 0.379 e. The van der Waals surface area contributed by atoms with Crippen LogP contribution >= 0.6 is 0 Å². The fourth-order valence-corrected chi connectivity index (χ4v) is 3.38. The van der Waals surface area contributed by atoms with Crippen molar-refractivity contribution in [1.29, 1.82) is 0 Å². The van der Waals surface area contributed by atoms with Crippen LogP contribution in [0.25, 0.3) is 0 Å². The fraction of sp³-hybridized carbons (Fsp3) is 0.875. The number of amides is 2. The molecule has 0 aromatic carbocycles. The third-order valence-corrected chi connectivity index (χ3v) is 4.66. The average Bonchev–Trinajstić information content (AvgIpc) is 2.52. The first-order chi connectivity index (χ1) is 10.6.